The summed E-state index contributed by atoms with van der Waals surface area (Å²) in [4.78, 5) is 51.5. The summed E-state index contributed by atoms with van der Waals surface area (Å²) < 4.78 is 54.2. The van der Waals surface area contributed by atoms with Gasteiger partial charge >= 0.3 is 19.4 Å². The summed E-state index contributed by atoms with van der Waals surface area (Å²) in [5.74, 6) is -0.805. The normalized spacial score (nSPS) is 23.7. The largest absolute Gasteiger partial charge is 0.462 e. The molecule has 45 heavy (non-hydrogen) atoms. The van der Waals surface area contributed by atoms with Gasteiger partial charge in [-0.15, -0.1) is 11.3 Å². The SMILES string of the molecule is CC(C)OC(=O)[C@H](C)NP(=O)(OC[C@H]1O[C@@H](n2ccc(=O)[nH]c2=O)[C@](C)(F)[C@@H]1O)Oc1ccc2sc3ccccc3c(=O)c2c1. The Morgan fingerprint density at radius 3 is 2.58 bits per heavy atom. The second kappa shape index (κ2) is 12.6. The van der Waals surface area contributed by atoms with Gasteiger partial charge in [0.1, 0.15) is 24.0 Å². The van der Waals surface area contributed by atoms with Gasteiger partial charge in [0.2, 0.25) is 0 Å². The van der Waals surface area contributed by atoms with Crippen LogP contribution in [0.4, 0.5) is 4.39 Å². The Hall–Kier alpha value is -3.72. The summed E-state index contributed by atoms with van der Waals surface area (Å²) in [5, 5.41) is 14.0. The Morgan fingerprint density at radius 2 is 1.87 bits per heavy atom. The molecule has 5 rings (SSSR count). The van der Waals surface area contributed by atoms with E-state index in [1.165, 1.54) is 30.4 Å². The van der Waals surface area contributed by atoms with Gasteiger partial charge in [0.15, 0.2) is 17.3 Å². The van der Waals surface area contributed by atoms with Crippen molar-refractivity contribution in [2.24, 2.45) is 0 Å². The number of aromatic amines is 1. The van der Waals surface area contributed by atoms with Crippen LogP contribution in [0.2, 0.25) is 0 Å². The van der Waals surface area contributed by atoms with Crippen LogP contribution in [0.5, 0.6) is 5.75 Å². The van der Waals surface area contributed by atoms with Crippen LogP contribution < -0.4 is 26.3 Å². The van der Waals surface area contributed by atoms with Crippen LogP contribution >= 0.6 is 19.1 Å². The van der Waals surface area contributed by atoms with E-state index >= 15 is 4.39 Å². The molecule has 2 aromatic heterocycles. The number of ether oxygens (including phenoxy) is 2. The molecule has 2 aromatic carbocycles. The molecule has 4 aromatic rings. The van der Waals surface area contributed by atoms with Crippen LogP contribution in [0.3, 0.4) is 0 Å². The zero-order chi connectivity index (χ0) is 32.7. The van der Waals surface area contributed by atoms with Crippen molar-refractivity contribution < 1.29 is 37.4 Å². The molecule has 1 aliphatic rings. The van der Waals surface area contributed by atoms with Gasteiger partial charge in [0, 0.05) is 32.4 Å². The van der Waals surface area contributed by atoms with Crippen molar-refractivity contribution in [1.82, 2.24) is 14.6 Å². The van der Waals surface area contributed by atoms with Crippen LogP contribution in [-0.4, -0.2) is 57.3 Å². The summed E-state index contributed by atoms with van der Waals surface area (Å²) in [6, 6.07) is 11.3. The molecule has 13 nitrogen and oxygen atoms in total. The van der Waals surface area contributed by atoms with Crippen molar-refractivity contribution in [1.29, 1.82) is 0 Å². The molecular weight excluding hydrogens is 632 g/mol. The fourth-order valence-corrected chi connectivity index (χ4v) is 7.37. The highest BCUT2D eigenvalue weighted by Crippen LogP contribution is 2.48. The van der Waals surface area contributed by atoms with Crippen molar-refractivity contribution in [3.05, 3.63) is 85.8 Å². The minimum atomic E-state index is -4.54. The minimum Gasteiger partial charge on any atom is -0.462 e. The zero-order valence-corrected chi connectivity index (χ0v) is 26.3. The number of halogens is 1. The number of carbonyl (C=O) groups is 1. The Bertz CT molecular complexity index is 1980. The maximum absolute atomic E-state index is 15.7. The Morgan fingerprint density at radius 1 is 1.16 bits per heavy atom. The molecule has 1 aliphatic heterocycles. The number of hydrogen-bond donors (Lipinski definition) is 3. The molecule has 0 saturated carbocycles. The first kappa shape index (κ1) is 32.7. The van der Waals surface area contributed by atoms with Crippen molar-refractivity contribution in [3.63, 3.8) is 0 Å². The number of nitrogens with zero attached hydrogens (tertiary/aromatic N) is 1. The van der Waals surface area contributed by atoms with Crippen molar-refractivity contribution in [2.75, 3.05) is 6.61 Å². The van der Waals surface area contributed by atoms with Crippen LogP contribution in [0, 0.1) is 0 Å². The number of aromatic nitrogens is 2. The third-order valence-electron chi connectivity index (χ3n) is 7.06. The van der Waals surface area contributed by atoms with Crippen LogP contribution in [0.1, 0.15) is 33.9 Å². The number of aliphatic hydroxyl groups excluding tert-OH is 1. The van der Waals surface area contributed by atoms with Gasteiger partial charge in [-0.2, -0.15) is 5.09 Å². The predicted octanol–water partition coefficient (Wildman–Crippen LogP) is 3.38. The molecule has 3 N–H and O–H groups in total. The van der Waals surface area contributed by atoms with Crippen molar-refractivity contribution in [2.45, 2.75) is 63.9 Å². The van der Waals surface area contributed by atoms with Gasteiger partial charge < -0.3 is 19.1 Å². The number of aliphatic hydroxyl groups is 1. The summed E-state index contributed by atoms with van der Waals surface area (Å²) in [6.45, 7) is 4.91. The second-order valence-electron chi connectivity index (χ2n) is 10.9. The smallest absolute Gasteiger partial charge is 0.459 e. The molecule has 1 saturated heterocycles. The fourth-order valence-electron chi connectivity index (χ4n) is 4.83. The highest BCUT2D eigenvalue weighted by atomic mass is 32.1. The highest BCUT2D eigenvalue weighted by Gasteiger charge is 2.56. The van der Waals surface area contributed by atoms with E-state index in [0.29, 0.717) is 15.5 Å². The molecule has 0 bridgehead atoms. The fraction of sp³-hybridized carbons (Fsp3) is 0.379. The average Bonchev–Trinajstić information content (AvgIpc) is 3.19. The molecule has 0 amide bonds. The van der Waals surface area contributed by atoms with Crippen LogP contribution in [0.15, 0.2) is 69.1 Å². The number of carbonyl (C=O) groups excluding carboxylic acids is 1. The molecule has 3 heterocycles. The molecule has 0 aliphatic carbocycles. The maximum atomic E-state index is 15.7. The van der Waals surface area contributed by atoms with E-state index in [0.717, 1.165) is 28.5 Å². The molecule has 0 spiro atoms. The van der Waals surface area contributed by atoms with Gasteiger partial charge in [0.05, 0.1) is 12.7 Å². The summed E-state index contributed by atoms with van der Waals surface area (Å²) >= 11 is 1.38. The summed E-state index contributed by atoms with van der Waals surface area (Å²) in [6.07, 6.45) is -4.49. The number of benzene rings is 2. The molecule has 16 heteroatoms. The first-order chi connectivity index (χ1) is 21.2. The van der Waals surface area contributed by atoms with E-state index < -0.39 is 67.8 Å². The van der Waals surface area contributed by atoms with Gasteiger partial charge in [-0.05, 0) is 58.0 Å². The molecule has 6 atom stereocenters. The number of hydrogen-bond acceptors (Lipinski definition) is 11. The lowest BCUT2D eigenvalue weighted by Gasteiger charge is -2.25. The Balaban J connectivity index is 1.43. The van der Waals surface area contributed by atoms with Crippen LogP contribution in [0.25, 0.3) is 20.2 Å². The zero-order valence-electron chi connectivity index (χ0n) is 24.6. The van der Waals surface area contributed by atoms with E-state index in [1.54, 1.807) is 32.0 Å². The number of fused-ring (bicyclic) bond motifs is 2. The molecule has 0 radical (unpaired) electrons. The number of alkyl halides is 1. The number of nitrogens with one attached hydrogen (secondary N) is 2. The average molecular weight is 664 g/mol. The Labute approximate surface area is 259 Å². The van der Waals surface area contributed by atoms with E-state index in [-0.39, 0.29) is 11.2 Å². The third kappa shape index (κ3) is 6.78. The minimum absolute atomic E-state index is 0.0387. The molecule has 1 unspecified atom stereocenters. The lowest BCUT2D eigenvalue weighted by molar-refractivity contribution is -0.149. The maximum Gasteiger partial charge on any atom is 0.459 e. The van der Waals surface area contributed by atoms with E-state index in [9.17, 15) is 28.8 Å². The highest BCUT2D eigenvalue weighted by molar-refractivity contribution is 7.52. The lowest BCUT2D eigenvalue weighted by Crippen LogP contribution is -2.43. The van der Waals surface area contributed by atoms with E-state index in [4.69, 9.17) is 18.5 Å². The number of rotatable bonds is 10. The number of esters is 1. The first-order valence-electron chi connectivity index (χ1n) is 13.9. The molecule has 1 fully saturated rings. The van der Waals surface area contributed by atoms with E-state index in [1.807, 2.05) is 17.1 Å². The summed E-state index contributed by atoms with van der Waals surface area (Å²) in [5.41, 5.74) is -4.50. The second-order valence-corrected chi connectivity index (χ2v) is 13.7. The first-order valence-corrected chi connectivity index (χ1v) is 16.3. The lowest BCUT2D eigenvalue weighted by atomic mass is 9.98. The van der Waals surface area contributed by atoms with Crippen molar-refractivity contribution >= 4 is 45.2 Å². The van der Waals surface area contributed by atoms with Gasteiger partial charge in [-0.1, -0.05) is 12.1 Å². The molecule has 240 valence electrons. The van der Waals surface area contributed by atoms with Crippen LogP contribution in [-0.2, 0) is 23.4 Å². The monoisotopic (exact) mass is 663 g/mol. The quantitative estimate of drug-likeness (QED) is 0.129. The number of H-pyrrole nitrogens is 1. The van der Waals surface area contributed by atoms with Gasteiger partial charge in [-0.25, -0.2) is 13.8 Å². The molecular formula is C29H31FN3O10PS. The predicted molar refractivity (Wildman–Crippen MR) is 164 cm³/mol. The topological polar surface area (TPSA) is 175 Å². The van der Waals surface area contributed by atoms with Gasteiger partial charge in [-0.3, -0.25) is 28.5 Å². The summed E-state index contributed by atoms with van der Waals surface area (Å²) in [7, 11) is -4.54. The van der Waals surface area contributed by atoms with Crippen molar-refractivity contribution in [3.8, 4) is 5.75 Å². The third-order valence-corrected chi connectivity index (χ3v) is 9.86. The standard InChI is InChI=1S/C29H31FN3O10PS/c1-15(2)41-26(37)16(3)32-44(39,43-17-9-10-22-19(13-17)24(35)18-7-5-6-8-21(18)45-22)40-14-20-25(36)29(4,30)27(42-20)33-12-11-23(34)31-28(33)38/h5-13,15-16,20,25,27,36H,14H2,1-4H3,(H,32,39)(H,31,34,38)/t16-,20+,25+,27+,29+,44?/m0/s1. The van der Waals surface area contributed by atoms with E-state index in [2.05, 4.69) is 5.09 Å². The van der Waals surface area contributed by atoms with Gasteiger partial charge in [0.25, 0.3) is 5.56 Å². The Kier molecular flexibility index (Phi) is 9.13.